The minimum atomic E-state index is -0.949. The van der Waals surface area contributed by atoms with Crippen LogP contribution in [0.2, 0.25) is 0 Å². The molecule has 0 radical (unpaired) electrons. The molecule has 0 saturated heterocycles. The first-order chi connectivity index (χ1) is 7.41. The van der Waals surface area contributed by atoms with Gasteiger partial charge in [0.1, 0.15) is 0 Å². The molecule has 4 nitrogen and oxygen atoms in total. The van der Waals surface area contributed by atoms with Crippen molar-refractivity contribution in [2.45, 2.75) is 6.42 Å². The number of carbonyl (C=O) groups is 2. The van der Waals surface area contributed by atoms with Gasteiger partial charge in [0.2, 0.25) is 0 Å². The normalized spacial score (nSPS) is 9.94. The summed E-state index contributed by atoms with van der Waals surface area (Å²) in [6, 6.07) is 5.01. The minimum Gasteiger partial charge on any atom is -0.481 e. The lowest BCUT2D eigenvalue weighted by Crippen LogP contribution is -2.23. The predicted molar refractivity (Wildman–Crippen MR) is 63.5 cm³/mol. The van der Waals surface area contributed by atoms with E-state index in [1.54, 1.807) is 32.3 Å². The van der Waals surface area contributed by atoms with E-state index in [0.29, 0.717) is 11.1 Å². The fourth-order valence-electron chi connectivity index (χ4n) is 1.31. The predicted octanol–water partition coefficient (Wildman–Crippen LogP) is 1.78. The number of nitrogens with zero attached hydrogens (tertiary/aromatic N) is 1. The van der Waals surface area contributed by atoms with Crippen LogP contribution < -0.4 is 0 Å². The summed E-state index contributed by atoms with van der Waals surface area (Å²) in [5, 5.41) is 8.74. The number of amides is 1. The quantitative estimate of drug-likeness (QED) is 0.921. The first kappa shape index (κ1) is 12.7. The zero-order chi connectivity index (χ0) is 12.3. The van der Waals surface area contributed by atoms with E-state index in [1.165, 1.54) is 4.90 Å². The van der Waals surface area contributed by atoms with Gasteiger partial charge in [-0.25, -0.2) is 0 Å². The van der Waals surface area contributed by atoms with Gasteiger partial charge in [-0.05, 0) is 17.7 Å². The van der Waals surface area contributed by atoms with Crippen molar-refractivity contribution < 1.29 is 14.7 Å². The molecule has 0 aliphatic rings. The van der Waals surface area contributed by atoms with E-state index in [9.17, 15) is 9.59 Å². The molecule has 0 spiro atoms. The molecule has 1 rings (SSSR count). The van der Waals surface area contributed by atoms with Crippen molar-refractivity contribution in [3.05, 3.63) is 33.8 Å². The van der Waals surface area contributed by atoms with Crippen molar-refractivity contribution >= 4 is 27.8 Å². The molecular formula is C11H12BrNO3. The second kappa shape index (κ2) is 5.12. The molecule has 1 aromatic carbocycles. The second-order valence-electron chi connectivity index (χ2n) is 3.57. The molecule has 5 heteroatoms. The highest BCUT2D eigenvalue weighted by Gasteiger charge is 2.15. The van der Waals surface area contributed by atoms with Gasteiger partial charge < -0.3 is 10.0 Å². The zero-order valence-corrected chi connectivity index (χ0v) is 10.6. The summed E-state index contributed by atoms with van der Waals surface area (Å²) in [6.07, 6.45) is -0.151. The van der Waals surface area contributed by atoms with Crippen LogP contribution in [0.1, 0.15) is 15.9 Å². The number of carbonyl (C=O) groups excluding carboxylic acids is 1. The highest BCUT2D eigenvalue weighted by atomic mass is 79.9. The maximum atomic E-state index is 11.8. The summed E-state index contributed by atoms with van der Waals surface area (Å²) in [4.78, 5) is 23.9. The molecule has 0 bridgehead atoms. The molecule has 1 aromatic rings. The van der Waals surface area contributed by atoms with E-state index < -0.39 is 5.97 Å². The molecule has 0 aromatic heterocycles. The van der Waals surface area contributed by atoms with Crippen LogP contribution >= 0.6 is 15.9 Å². The van der Waals surface area contributed by atoms with E-state index >= 15 is 0 Å². The average molecular weight is 286 g/mol. The largest absolute Gasteiger partial charge is 0.481 e. The van der Waals surface area contributed by atoms with Crippen LogP contribution in [0.25, 0.3) is 0 Å². The fourth-order valence-corrected chi connectivity index (χ4v) is 1.67. The topological polar surface area (TPSA) is 57.6 Å². The molecule has 1 N–H and O–H groups in total. The van der Waals surface area contributed by atoms with Crippen molar-refractivity contribution in [1.82, 2.24) is 4.90 Å². The Labute approximate surface area is 102 Å². The van der Waals surface area contributed by atoms with Gasteiger partial charge in [0.15, 0.2) is 0 Å². The number of hydrogen-bond acceptors (Lipinski definition) is 2. The Bertz CT molecular complexity index is 429. The lowest BCUT2D eigenvalue weighted by molar-refractivity contribution is -0.136. The van der Waals surface area contributed by atoms with Gasteiger partial charge in [-0.15, -0.1) is 0 Å². The maximum Gasteiger partial charge on any atom is 0.307 e. The number of rotatable bonds is 3. The van der Waals surface area contributed by atoms with E-state index in [4.69, 9.17) is 5.11 Å². The number of aliphatic carboxylic acids is 1. The number of carboxylic acids is 1. The van der Waals surface area contributed by atoms with Crippen molar-refractivity contribution in [3.8, 4) is 0 Å². The van der Waals surface area contributed by atoms with Gasteiger partial charge in [0, 0.05) is 24.1 Å². The van der Waals surface area contributed by atoms with E-state index in [1.807, 2.05) is 0 Å². The smallest absolute Gasteiger partial charge is 0.307 e. The molecule has 0 atom stereocenters. The molecular weight excluding hydrogens is 274 g/mol. The van der Waals surface area contributed by atoms with E-state index in [0.717, 1.165) is 4.47 Å². The molecule has 0 aliphatic carbocycles. The van der Waals surface area contributed by atoms with Crippen LogP contribution in [0, 0.1) is 0 Å². The Morgan fingerprint density at radius 3 is 2.50 bits per heavy atom. The van der Waals surface area contributed by atoms with E-state index in [-0.39, 0.29) is 12.3 Å². The summed E-state index contributed by atoms with van der Waals surface area (Å²) in [6.45, 7) is 0. The highest BCUT2D eigenvalue weighted by Crippen LogP contribution is 2.18. The second-order valence-corrected chi connectivity index (χ2v) is 4.49. The molecule has 16 heavy (non-hydrogen) atoms. The third-order valence-electron chi connectivity index (χ3n) is 2.05. The fraction of sp³-hybridized carbons (Fsp3) is 0.273. The van der Waals surface area contributed by atoms with Crippen LogP contribution in [-0.4, -0.2) is 36.0 Å². The number of benzene rings is 1. The Kier molecular flexibility index (Phi) is 4.06. The lowest BCUT2D eigenvalue weighted by atomic mass is 10.0. The number of hydrogen-bond donors (Lipinski definition) is 1. The summed E-state index contributed by atoms with van der Waals surface area (Å²) < 4.78 is 0.756. The SMILES string of the molecule is CN(C)C(=O)c1cc(Br)ccc1CC(=O)O. The number of halogens is 1. The summed E-state index contributed by atoms with van der Waals surface area (Å²) in [5.41, 5.74) is 0.941. The van der Waals surface area contributed by atoms with E-state index in [2.05, 4.69) is 15.9 Å². The van der Waals surface area contributed by atoms with Crippen molar-refractivity contribution in [2.24, 2.45) is 0 Å². The Morgan fingerprint density at radius 1 is 1.38 bits per heavy atom. The first-order valence-corrected chi connectivity index (χ1v) is 5.43. The maximum absolute atomic E-state index is 11.8. The molecule has 0 fully saturated rings. The standard InChI is InChI=1S/C11H12BrNO3/c1-13(2)11(16)9-6-8(12)4-3-7(9)5-10(14)15/h3-4,6H,5H2,1-2H3,(H,14,15). The van der Waals surface area contributed by atoms with Gasteiger partial charge >= 0.3 is 5.97 Å². The Morgan fingerprint density at radius 2 is 2.00 bits per heavy atom. The van der Waals surface area contributed by atoms with Crippen LogP contribution in [-0.2, 0) is 11.2 Å². The first-order valence-electron chi connectivity index (χ1n) is 4.63. The lowest BCUT2D eigenvalue weighted by Gasteiger charge is -2.13. The van der Waals surface area contributed by atoms with Crippen molar-refractivity contribution in [3.63, 3.8) is 0 Å². The highest BCUT2D eigenvalue weighted by molar-refractivity contribution is 9.10. The van der Waals surface area contributed by atoms with Crippen molar-refractivity contribution in [1.29, 1.82) is 0 Å². The molecule has 86 valence electrons. The van der Waals surface area contributed by atoms with Gasteiger partial charge in [0.25, 0.3) is 5.91 Å². The average Bonchev–Trinajstić information content (AvgIpc) is 2.18. The van der Waals surface area contributed by atoms with Crippen LogP contribution in [0.4, 0.5) is 0 Å². The van der Waals surface area contributed by atoms with Crippen LogP contribution in [0.5, 0.6) is 0 Å². The summed E-state index contributed by atoms with van der Waals surface area (Å²) >= 11 is 3.26. The number of carboxylic acid groups (broad SMARTS) is 1. The molecule has 0 unspecified atom stereocenters. The van der Waals surface area contributed by atoms with Gasteiger partial charge in [-0.3, -0.25) is 9.59 Å². The molecule has 1 amide bonds. The summed E-state index contributed by atoms with van der Waals surface area (Å²) in [5.74, 6) is -1.15. The van der Waals surface area contributed by atoms with Gasteiger partial charge in [-0.2, -0.15) is 0 Å². The third kappa shape index (κ3) is 3.06. The molecule has 0 heterocycles. The van der Waals surface area contributed by atoms with Crippen molar-refractivity contribution in [2.75, 3.05) is 14.1 Å². The Balaban J connectivity index is 3.17. The van der Waals surface area contributed by atoms with Crippen LogP contribution in [0.15, 0.2) is 22.7 Å². The monoisotopic (exact) mass is 285 g/mol. The van der Waals surface area contributed by atoms with Gasteiger partial charge in [-0.1, -0.05) is 22.0 Å². The molecule has 0 saturated carbocycles. The van der Waals surface area contributed by atoms with Gasteiger partial charge in [0.05, 0.1) is 6.42 Å². The molecule has 0 aliphatic heterocycles. The minimum absolute atomic E-state index is 0.151. The zero-order valence-electron chi connectivity index (χ0n) is 9.03. The third-order valence-corrected chi connectivity index (χ3v) is 2.54. The van der Waals surface area contributed by atoms with Crippen LogP contribution in [0.3, 0.4) is 0 Å². The summed E-state index contributed by atoms with van der Waals surface area (Å²) in [7, 11) is 3.27. The Hall–Kier alpha value is -1.36.